The SMILES string of the molecule is CCCN=C=S.CN1CCCCC1.C[N+]1(CCN=C=S)CCCCC1. The van der Waals surface area contributed by atoms with E-state index in [4.69, 9.17) is 0 Å². The van der Waals surface area contributed by atoms with Crippen LogP contribution in [0.5, 0.6) is 0 Å². The van der Waals surface area contributed by atoms with Gasteiger partial charge in [-0.1, -0.05) is 13.3 Å². The number of isothiocyanates is 2. The summed E-state index contributed by atoms with van der Waals surface area (Å²) in [5.74, 6) is 0. The molecule has 144 valence electrons. The number of nitrogens with zero attached hydrogens (tertiary/aromatic N) is 4. The van der Waals surface area contributed by atoms with Gasteiger partial charge in [-0.2, -0.15) is 0 Å². The highest BCUT2D eigenvalue weighted by Gasteiger charge is 2.23. The number of likely N-dealkylation sites (tertiary alicyclic amines) is 2. The van der Waals surface area contributed by atoms with Crippen LogP contribution < -0.4 is 0 Å². The molecule has 0 aromatic heterocycles. The summed E-state index contributed by atoms with van der Waals surface area (Å²) in [6.07, 6.45) is 9.49. The van der Waals surface area contributed by atoms with Gasteiger partial charge in [0.05, 0.1) is 43.5 Å². The van der Waals surface area contributed by atoms with Crippen molar-refractivity contribution in [3.05, 3.63) is 0 Å². The van der Waals surface area contributed by atoms with E-state index in [1.165, 1.54) is 69.2 Å². The van der Waals surface area contributed by atoms with Gasteiger partial charge in [0, 0.05) is 6.54 Å². The Bertz CT molecular complexity index is 404. The Hall–Kier alpha value is -0.480. The summed E-state index contributed by atoms with van der Waals surface area (Å²) in [5.41, 5.74) is 0. The zero-order valence-electron chi connectivity index (χ0n) is 16.5. The Labute approximate surface area is 166 Å². The molecule has 0 N–H and O–H groups in total. The summed E-state index contributed by atoms with van der Waals surface area (Å²) in [4.78, 5) is 10.0. The van der Waals surface area contributed by atoms with Crippen molar-refractivity contribution < 1.29 is 4.48 Å². The van der Waals surface area contributed by atoms with Crippen LogP contribution in [0.15, 0.2) is 9.98 Å². The standard InChI is InChI=1S/C9H17N2S.C6H13N.C4H7NS/c1-11(8-5-10-9-12)6-3-2-4-7-11;1-7-5-3-2-4-6-7;1-2-3-5-4-6/h2-8H2,1H3;2-6H2,1H3;2-3H2,1H3/q+1;;. The van der Waals surface area contributed by atoms with Crippen molar-refractivity contribution >= 4 is 34.8 Å². The highest BCUT2D eigenvalue weighted by Crippen LogP contribution is 2.15. The van der Waals surface area contributed by atoms with Crippen molar-refractivity contribution in [3.63, 3.8) is 0 Å². The van der Waals surface area contributed by atoms with E-state index in [0.29, 0.717) is 0 Å². The van der Waals surface area contributed by atoms with E-state index < -0.39 is 0 Å². The molecule has 25 heavy (non-hydrogen) atoms. The predicted molar refractivity (Wildman–Crippen MR) is 116 cm³/mol. The topological polar surface area (TPSA) is 28.0 Å². The molecule has 4 nitrogen and oxygen atoms in total. The molecule has 2 fully saturated rings. The maximum atomic E-state index is 4.53. The smallest absolute Gasteiger partial charge is 0.0991 e. The molecule has 0 aliphatic carbocycles. The van der Waals surface area contributed by atoms with Gasteiger partial charge in [0.15, 0.2) is 0 Å². The molecule has 0 bridgehead atoms. The predicted octanol–water partition coefficient (Wildman–Crippen LogP) is 4.32. The number of thiocarbonyl (C=S) groups is 2. The summed E-state index contributed by atoms with van der Waals surface area (Å²) in [5, 5.41) is 4.70. The third kappa shape index (κ3) is 15.5. The van der Waals surface area contributed by atoms with Crippen molar-refractivity contribution in [1.29, 1.82) is 0 Å². The average Bonchev–Trinajstić information content (AvgIpc) is 2.62. The van der Waals surface area contributed by atoms with Crippen LogP contribution in [0.4, 0.5) is 0 Å². The van der Waals surface area contributed by atoms with E-state index in [1.54, 1.807) is 0 Å². The fourth-order valence-corrected chi connectivity index (χ4v) is 3.23. The maximum Gasteiger partial charge on any atom is 0.0991 e. The van der Waals surface area contributed by atoms with E-state index in [-0.39, 0.29) is 0 Å². The van der Waals surface area contributed by atoms with Crippen LogP contribution in [-0.2, 0) is 0 Å². The van der Waals surface area contributed by atoms with E-state index in [9.17, 15) is 0 Å². The van der Waals surface area contributed by atoms with Gasteiger partial charge in [-0.05, 0) is 83.1 Å². The summed E-state index contributed by atoms with van der Waals surface area (Å²) < 4.78 is 1.18. The minimum Gasteiger partial charge on any atom is -0.324 e. The molecule has 6 heteroatoms. The third-order valence-electron chi connectivity index (χ3n) is 4.69. The Morgan fingerprint density at radius 2 is 1.40 bits per heavy atom. The van der Waals surface area contributed by atoms with Crippen molar-refractivity contribution in [2.45, 2.75) is 51.9 Å². The molecule has 0 spiro atoms. The van der Waals surface area contributed by atoms with E-state index in [2.05, 4.69) is 70.7 Å². The number of aliphatic imine (C=N–C) groups is 2. The van der Waals surface area contributed by atoms with Gasteiger partial charge in [-0.15, -0.1) is 0 Å². The number of hydrogen-bond acceptors (Lipinski definition) is 5. The lowest BCUT2D eigenvalue weighted by molar-refractivity contribution is -0.912. The molecule has 0 amide bonds. The van der Waals surface area contributed by atoms with Gasteiger partial charge in [-0.25, -0.2) is 9.98 Å². The van der Waals surface area contributed by atoms with Crippen LogP contribution >= 0.6 is 24.4 Å². The average molecular weight is 386 g/mol. The first-order chi connectivity index (χ1) is 12.1. The van der Waals surface area contributed by atoms with Crippen molar-refractivity contribution in [2.75, 3.05) is 59.9 Å². The van der Waals surface area contributed by atoms with Gasteiger partial charge in [0.25, 0.3) is 0 Å². The Morgan fingerprint density at radius 3 is 1.80 bits per heavy atom. The molecule has 2 aliphatic heterocycles. The molecule has 0 unspecified atom stereocenters. The zero-order valence-corrected chi connectivity index (χ0v) is 18.1. The van der Waals surface area contributed by atoms with Crippen LogP contribution in [0, 0.1) is 0 Å². The quantitative estimate of drug-likeness (QED) is 0.401. The lowest BCUT2D eigenvalue weighted by Gasteiger charge is -2.37. The number of likely N-dealkylation sites (N-methyl/N-ethyl adjacent to an activating group) is 1. The first kappa shape index (κ1) is 24.5. The fourth-order valence-electron chi connectivity index (χ4n) is 3.05. The van der Waals surface area contributed by atoms with Crippen LogP contribution in [0.3, 0.4) is 0 Å². The minimum absolute atomic E-state index is 0.823. The Kier molecular flexibility index (Phi) is 16.6. The molecule has 0 aromatic rings. The lowest BCUT2D eigenvalue weighted by Crippen LogP contribution is -2.49. The molecule has 0 radical (unpaired) electrons. The monoisotopic (exact) mass is 385 g/mol. The first-order valence-corrected chi connectivity index (χ1v) is 10.5. The second kappa shape index (κ2) is 17.0. The van der Waals surface area contributed by atoms with Gasteiger partial charge >= 0.3 is 0 Å². The Morgan fingerprint density at radius 1 is 0.880 bits per heavy atom. The Balaban J connectivity index is 0.000000378. The normalized spacial score (nSPS) is 19.0. The van der Waals surface area contributed by atoms with Crippen LogP contribution in [0.1, 0.15) is 51.9 Å². The van der Waals surface area contributed by atoms with Crippen molar-refractivity contribution in [2.24, 2.45) is 9.98 Å². The van der Waals surface area contributed by atoms with Gasteiger partial charge in [-0.3, -0.25) is 0 Å². The molecule has 2 saturated heterocycles. The van der Waals surface area contributed by atoms with E-state index >= 15 is 0 Å². The number of piperidine rings is 2. The number of hydrogen-bond donors (Lipinski definition) is 0. The second-order valence-corrected chi connectivity index (χ2v) is 7.53. The van der Waals surface area contributed by atoms with Gasteiger partial charge in [0.1, 0.15) is 0 Å². The summed E-state index contributed by atoms with van der Waals surface area (Å²) >= 11 is 8.83. The van der Waals surface area contributed by atoms with Crippen molar-refractivity contribution in [3.8, 4) is 0 Å². The van der Waals surface area contributed by atoms with Crippen LogP contribution in [0.2, 0.25) is 0 Å². The molecule has 0 saturated carbocycles. The highest BCUT2D eigenvalue weighted by molar-refractivity contribution is 7.78. The molecule has 2 rings (SSSR count). The van der Waals surface area contributed by atoms with Gasteiger partial charge in [0.2, 0.25) is 0 Å². The van der Waals surface area contributed by atoms with Gasteiger partial charge < -0.3 is 9.38 Å². The zero-order chi connectivity index (χ0) is 18.8. The van der Waals surface area contributed by atoms with E-state index in [1.807, 2.05) is 0 Å². The van der Waals surface area contributed by atoms with Crippen LogP contribution in [0.25, 0.3) is 0 Å². The summed E-state index contributed by atoms with van der Waals surface area (Å²) in [7, 11) is 4.51. The second-order valence-electron chi connectivity index (χ2n) is 7.16. The first-order valence-electron chi connectivity index (χ1n) is 9.67. The molecular formula is C19H37N4S2+. The third-order valence-corrected chi connectivity index (χ3v) is 4.95. The molecule has 0 atom stereocenters. The minimum atomic E-state index is 0.823. The molecular weight excluding hydrogens is 348 g/mol. The summed E-state index contributed by atoms with van der Waals surface area (Å²) in [6.45, 7) is 10.1. The molecule has 0 aromatic carbocycles. The maximum absolute atomic E-state index is 4.53. The largest absolute Gasteiger partial charge is 0.324 e. The fraction of sp³-hybridized carbons (Fsp3) is 0.895. The number of rotatable bonds is 5. The van der Waals surface area contributed by atoms with Crippen LogP contribution in [-0.4, -0.2) is 79.6 Å². The van der Waals surface area contributed by atoms with E-state index in [0.717, 1.165) is 26.1 Å². The highest BCUT2D eigenvalue weighted by atomic mass is 32.1. The summed E-state index contributed by atoms with van der Waals surface area (Å²) in [6, 6.07) is 0. The molecule has 2 heterocycles. The number of quaternary nitrogens is 1. The lowest BCUT2D eigenvalue weighted by atomic mass is 10.1. The molecule has 2 aliphatic rings. The van der Waals surface area contributed by atoms with Crippen molar-refractivity contribution in [1.82, 2.24) is 4.90 Å².